The van der Waals surface area contributed by atoms with Gasteiger partial charge in [0, 0.05) is 11.3 Å². The lowest BCUT2D eigenvalue weighted by Crippen LogP contribution is -2.01. The quantitative estimate of drug-likeness (QED) is 0.529. The van der Waals surface area contributed by atoms with Crippen LogP contribution in [0.25, 0.3) is 5.65 Å². The van der Waals surface area contributed by atoms with Gasteiger partial charge in [-0.15, -0.1) is 5.10 Å². The molecule has 0 fully saturated rings. The molecule has 0 spiro atoms. The molecule has 0 N–H and O–H groups in total. The Balaban J connectivity index is 2.88. The fourth-order valence-corrected chi connectivity index (χ4v) is 1.89. The van der Waals surface area contributed by atoms with Crippen LogP contribution in [0.4, 0.5) is 0 Å². The summed E-state index contributed by atoms with van der Waals surface area (Å²) in [7, 11) is 0. The Bertz CT molecular complexity index is 489. The summed E-state index contributed by atoms with van der Waals surface area (Å²) in [6, 6.07) is 0. The van der Waals surface area contributed by atoms with Gasteiger partial charge >= 0.3 is 0 Å². The Morgan fingerprint density at radius 2 is 1.86 bits per heavy atom. The molecule has 0 saturated carbocycles. The Hall–Kier alpha value is -1.10. The first-order valence-electron chi connectivity index (χ1n) is 4.38. The maximum atomic E-state index is 4.46. The van der Waals surface area contributed by atoms with Gasteiger partial charge in [0.05, 0.1) is 0 Å². The molecule has 2 rings (SSSR count). The van der Waals surface area contributed by atoms with Crippen molar-refractivity contribution >= 4 is 17.4 Å². The van der Waals surface area contributed by atoms with Gasteiger partial charge in [0.15, 0.2) is 10.8 Å². The zero-order valence-electron chi connectivity index (χ0n) is 8.70. The Morgan fingerprint density at radius 3 is 2.50 bits per heavy atom. The van der Waals surface area contributed by atoms with Crippen LogP contribution in [-0.2, 0) is 0 Å². The number of hydrogen-bond acceptors (Lipinski definition) is 4. The highest BCUT2D eigenvalue weighted by Crippen LogP contribution is 2.18. The molecule has 0 aromatic carbocycles. The Kier molecular flexibility index (Phi) is 2.19. The molecule has 0 saturated heterocycles. The van der Waals surface area contributed by atoms with E-state index in [1.54, 1.807) is 11.8 Å². The van der Waals surface area contributed by atoms with Gasteiger partial charge in [-0.05, 0) is 27.0 Å². The highest BCUT2D eigenvalue weighted by atomic mass is 32.2. The van der Waals surface area contributed by atoms with Crippen molar-refractivity contribution in [2.24, 2.45) is 0 Å². The standard InChI is InChI=1S/C9H12N4S/c1-5-6(2)10-9(14-4)13-8(5)11-7(3)12-13/h1-4H3. The minimum Gasteiger partial charge on any atom is -0.227 e. The summed E-state index contributed by atoms with van der Waals surface area (Å²) in [6.07, 6.45) is 1.99. The van der Waals surface area contributed by atoms with Crippen molar-refractivity contribution in [1.29, 1.82) is 0 Å². The molecule has 2 heterocycles. The Morgan fingerprint density at radius 1 is 1.14 bits per heavy atom. The van der Waals surface area contributed by atoms with Crippen molar-refractivity contribution in [2.75, 3.05) is 6.26 Å². The molecule has 0 bridgehead atoms. The van der Waals surface area contributed by atoms with Crippen molar-refractivity contribution in [1.82, 2.24) is 19.6 Å². The molecule has 0 aliphatic heterocycles. The van der Waals surface area contributed by atoms with E-state index < -0.39 is 0 Å². The van der Waals surface area contributed by atoms with Crippen molar-refractivity contribution < 1.29 is 0 Å². The molecule has 0 aliphatic rings. The molecular weight excluding hydrogens is 196 g/mol. The monoisotopic (exact) mass is 208 g/mol. The average Bonchev–Trinajstić information content (AvgIpc) is 2.54. The van der Waals surface area contributed by atoms with Crippen molar-refractivity contribution in [3.63, 3.8) is 0 Å². The van der Waals surface area contributed by atoms with Crippen LogP contribution in [0, 0.1) is 20.8 Å². The molecule has 4 nitrogen and oxygen atoms in total. The first kappa shape index (κ1) is 9.45. The fraction of sp³-hybridized carbons (Fsp3) is 0.444. The number of rotatable bonds is 1. The third kappa shape index (κ3) is 1.28. The summed E-state index contributed by atoms with van der Waals surface area (Å²) in [5.41, 5.74) is 3.04. The molecule has 14 heavy (non-hydrogen) atoms. The largest absolute Gasteiger partial charge is 0.227 e. The number of hydrogen-bond donors (Lipinski definition) is 0. The van der Waals surface area contributed by atoms with Crippen LogP contribution in [-0.4, -0.2) is 25.8 Å². The summed E-state index contributed by atoms with van der Waals surface area (Å²) < 4.78 is 1.81. The second-order valence-corrected chi connectivity index (χ2v) is 3.98. The van der Waals surface area contributed by atoms with E-state index in [-0.39, 0.29) is 0 Å². The molecule has 0 aliphatic carbocycles. The van der Waals surface area contributed by atoms with E-state index in [9.17, 15) is 0 Å². The third-order valence-electron chi connectivity index (χ3n) is 2.22. The number of aromatic nitrogens is 4. The first-order valence-corrected chi connectivity index (χ1v) is 5.60. The molecule has 5 heteroatoms. The molecule has 74 valence electrons. The number of thioether (sulfide) groups is 1. The minimum absolute atomic E-state index is 0.788. The van der Waals surface area contributed by atoms with Gasteiger partial charge < -0.3 is 0 Å². The van der Waals surface area contributed by atoms with Crippen LogP contribution in [0.5, 0.6) is 0 Å². The maximum absolute atomic E-state index is 4.46. The predicted molar refractivity (Wildman–Crippen MR) is 56.8 cm³/mol. The smallest absolute Gasteiger partial charge is 0.190 e. The number of nitrogens with zero attached hydrogens (tertiary/aromatic N) is 4. The lowest BCUT2D eigenvalue weighted by atomic mass is 10.3. The van der Waals surface area contributed by atoms with E-state index >= 15 is 0 Å². The highest BCUT2D eigenvalue weighted by molar-refractivity contribution is 7.98. The first-order chi connectivity index (χ1) is 6.63. The SMILES string of the molecule is CSc1nc(C)c(C)c2nc(C)nn12. The van der Waals surface area contributed by atoms with Gasteiger partial charge in [0.1, 0.15) is 5.82 Å². The van der Waals surface area contributed by atoms with E-state index in [4.69, 9.17) is 0 Å². The second-order valence-electron chi connectivity index (χ2n) is 3.20. The molecular formula is C9H12N4S. The van der Waals surface area contributed by atoms with Crippen LogP contribution in [0.15, 0.2) is 5.16 Å². The summed E-state index contributed by atoms with van der Waals surface area (Å²) in [5.74, 6) is 0.788. The minimum atomic E-state index is 0.788. The maximum Gasteiger partial charge on any atom is 0.190 e. The summed E-state index contributed by atoms with van der Waals surface area (Å²) in [4.78, 5) is 8.84. The van der Waals surface area contributed by atoms with E-state index in [2.05, 4.69) is 15.1 Å². The molecule has 0 unspecified atom stereocenters. The highest BCUT2D eigenvalue weighted by Gasteiger charge is 2.10. The third-order valence-corrected chi connectivity index (χ3v) is 2.85. The van der Waals surface area contributed by atoms with Crippen molar-refractivity contribution in [3.05, 3.63) is 17.1 Å². The molecule has 2 aromatic rings. The van der Waals surface area contributed by atoms with Crippen molar-refractivity contribution in [3.8, 4) is 0 Å². The van der Waals surface area contributed by atoms with E-state index in [1.165, 1.54) is 0 Å². The molecule has 2 aromatic heterocycles. The van der Waals surface area contributed by atoms with Crippen LogP contribution >= 0.6 is 11.8 Å². The van der Waals surface area contributed by atoms with Gasteiger partial charge in [-0.2, -0.15) is 4.52 Å². The normalized spacial score (nSPS) is 11.1. The van der Waals surface area contributed by atoms with Gasteiger partial charge in [-0.25, -0.2) is 9.97 Å². The summed E-state index contributed by atoms with van der Waals surface area (Å²) in [6.45, 7) is 5.92. The van der Waals surface area contributed by atoms with Gasteiger partial charge in [0.2, 0.25) is 0 Å². The fourth-order valence-electron chi connectivity index (χ4n) is 1.36. The average molecular weight is 208 g/mol. The van der Waals surface area contributed by atoms with Gasteiger partial charge in [0.25, 0.3) is 0 Å². The molecule has 0 amide bonds. The predicted octanol–water partition coefficient (Wildman–Crippen LogP) is 1.77. The Labute approximate surface area is 86.8 Å². The van der Waals surface area contributed by atoms with Crippen LogP contribution in [0.2, 0.25) is 0 Å². The number of fused-ring (bicyclic) bond motifs is 1. The van der Waals surface area contributed by atoms with Gasteiger partial charge in [-0.1, -0.05) is 11.8 Å². The van der Waals surface area contributed by atoms with Gasteiger partial charge in [-0.3, -0.25) is 0 Å². The number of aryl methyl sites for hydroxylation is 3. The molecule has 0 atom stereocenters. The molecule has 0 radical (unpaired) electrons. The zero-order chi connectivity index (χ0) is 10.3. The summed E-state index contributed by atoms with van der Waals surface area (Å²) >= 11 is 1.58. The van der Waals surface area contributed by atoms with Crippen LogP contribution < -0.4 is 0 Å². The van der Waals surface area contributed by atoms with Crippen LogP contribution in [0.3, 0.4) is 0 Å². The zero-order valence-corrected chi connectivity index (χ0v) is 9.51. The lowest BCUT2D eigenvalue weighted by Gasteiger charge is -2.04. The van der Waals surface area contributed by atoms with E-state index in [0.29, 0.717) is 0 Å². The second kappa shape index (κ2) is 3.24. The summed E-state index contributed by atoms with van der Waals surface area (Å²) in [5, 5.41) is 5.20. The topological polar surface area (TPSA) is 43.1 Å². The lowest BCUT2D eigenvalue weighted by molar-refractivity contribution is 0.769. The van der Waals surface area contributed by atoms with E-state index in [0.717, 1.165) is 27.9 Å². The van der Waals surface area contributed by atoms with Crippen molar-refractivity contribution in [2.45, 2.75) is 25.9 Å². The van der Waals surface area contributed by atoms with E-state index in [1.807, 2.05) is 31.5 Å². The van der Waals surface area contributed by atoms with Crippen LogP contribution in [0.1, 0.15) is 17.1 Å².